The number of hydrogen-bond donors (Lipinski definition) is 2. The number of methoxy groups -OCH3 is 1. The maximum absolute atomic E-state index is 11.8. The van der Waals surface area contributed by atoms with Gasteiger partial charge in [0, 0.05) is 23.6 Å². The molecule has 5 nitrogen and oxygen atoms in total. The molecule has 21 heavy (non-hydrogen) atoms. The van der Waals surface area contributed by atoms with Gasteiger partial charge in [-0.2, -0.15) is 0 Å². The maximum Gasteiger partial charge on any atom is 0.224 e. The number of furan rings is 1. The molecule has 2 rings (SSSR count). The van der Waals surface area contributed by atoms with Crippen LogP contribution in [-0.2, 0) is 11.2 Å². The summed E-state index contributed by atoms with van der Waals surface area (Å²) in [5.74, 6) is 0.741. The van der Waals surface area contributed by atoms with Crippen molar-refractivity contribution in [3.05, 3.63) is 30.0 Å². The lowest BCUT2D eigenvalue weighted by molar-refractivity contribution is -0.120. The summed E-state index contributed by atoms with van der Waals surface area (Å²) in [6, 6.07) is 5.59. The molecule has 0 saturated heterocycles. The summed E-state index contributed by atoms with van der Waals surface area (Å²) in [5, 5.41) is 3.83. The topological polar surface area (TPSA) is 77.5 Å². The van der Waals surface area contributed by atoms with Crippen LogP contribution in [0.1, 0.15) is 18.4 Å². The van der Waals surface area contributed by atoms with E-state index in [-0.39, 0.29) is 18.3 Å². The predicted molar refractivity (Wildman–Crippen MR) is 85.0 cm³/mol. The Morgan fingerprint density at radius 2 is 2.19 bits per heavy atom. The molecular weight excluding hydrogens is 292 g/mol. The highest BCUT2D eigenvalue weighted by atomic mass is 35.5. The molecule has 0 aliphatic rings. The van der Waals surface area contributed by atoms with Crippen molar-refractivity contribution in [2.45, 2.75) is 19.3 Å². The number of nitrogens with one attached hydrogen (secondary N) is 1. The van der Waals surface area contributed by atoms with Crippen molar-refractivity contribution in [2.24, 2.45) is 5.73 Å². The molecule has 3 N–H and O–H groups in total. The van der Waals surface area contributed by atoms with Crippen molar-refractivity contribution in [2.75, 3.05) is 20.2 Å². The Bertz CT molecular complexity index is 583. The lowest BCUT2D eigenvalue weighted by Crippen LogP contribution is -2.26. The summed E-state index contributed by atoms with van der Waals surface area (Å²) in [6.07, 6.45) is 3.78. The smallest absolute Gasteiger partial charge is 0.224 e. The molecule has 0 aliphatic heterocycles. The third kappa shape index (κ3) is 4.65. The highest BCUT2D eigenvalue weighted by molar-refractivity contribution is 5.88. The Morgan fingerprint density at radius 1 is 1.38 bits per heavy atom. The van der Waals surface area contributed by atoms with E-state index < -0.39 is 0 Å². The first kappa shape index (κ1) is 17.3. The Labute approximate surface area is 130 Å². The van der Waals surface area contributed by atoms with Gasteiger partial charge in [-0.15, -0.1) is 12.4 Å². The number of amides is 1. The summed E-state index contributed by atoms with van der Waals surface area (Å²) in [7, 11) is 1.61. The van der Waals surface area contributed by atoms with Gasteiger partial charge < -0.3 is 20.2 Å². The number of ether oxygens (including phenoxy) is 1. The Kier molecular flexibility index (Phi) is 7.05. The van der Waals surface area contributed by atoms with Gasteiger partial charge in [0.2, 0.25) is 5.91 Å². The van der Waals surface area contributed by atoms with Crippen molar-refractivity contribution >= 4 is 29.3 Å². The summed E-state index contributed by atoms with van der Waals surface area (Å²) in [6.45, 7) is 1.32. The number of rotatable bonds is 7. The Morgan fingerprint density at radius 3 is 2.90 bits per heavy atom. The summed E-state index contributed by atoms with van der Waals surface area (Å²) in [5.41, 5.74) is 7.03. The van der Waals surface area contributed by atoms with Crippen LogP contribution in [0.15, 0.2) is 28.9 Å². The van der Waals surface area contributed by atoms with Crippen molar-refractivity contribution in [3.8, 4) is 5.75 Å². The van der Waals surface area contributed by atoms with Gasteiger partial charge in [-0.25, -0.2) is 0 Å². The van der Waals surface area contributed by atoms with E-state index in [0.29, 0.717) is 19.5 Å². The molecule has 1 amide bonds. The van der Waals surface area contributed by atoms with Gasteiger partial charge in [-0.1, -0.05) is 0 Å². The van der Waals surface area contributed by atoms with Crippen LogP contribution in [0.3, 0.4) is 0 Å². The second kappa shape index (κ2) is 8.54. The minimum absolute atomic E-state index is 0. The quantitative estimate of drug-likeness (QED) is 0.769. The first-order valence-corrected chi connectivity index (χ1v) is 6.75. The summed E-state index contributed by atoms with van der Waals surface area (Å²) >= 11 is 0. The lowest BCUT2D eigenvalue weighted by Gasteiger charge is -2.04. The first-order chi connectivity index (χ1) is 9.74. The maximum atomic E-state index is 11.8. The zero-order valence-corrected chi connectivity index (χ0v) is 12.9. The molecule has 0 radical (unpaired) electrons. The molecule has 0 saturated carbocycles. The number of hydrogen-bond acceptors (Lipinski definition) is 4. The second-order valence-electron chi connectivity index (χ2n) is 4.65. The molecule has 0 fully saturated rings. The van der Waals surface area contributed by atoms with Gasteiger partial charge in [-0.3, -0.25) is 4.79 Å². The zero-order valence-electron chi connectivity index (χ0n) is 12.1. The highest BCUT2D eigenvalue weighted by Crippen LogP contribution is 2.25. The molecule has 0 unspecified atom stereocenters. The molecule has 1 aromatic carbocycles. The number of fused-ring (bicyclic) bond motifs is 1. The third-order valence-corrected chi connectivity index (χ3v) is 3.17. The van der Waals surface area contributed by atoms with Crippen molar-refractivity contribution < 1.29 is 13.9 Å². The molecular formula is C15H21ClN2O3. The number of unbranched alkanes of at least 4 members (excludes halogenated alkanes) is 1. The number of carbonyl (C=O) groups is 1. The molecule has 0 atom stereocenters. The lowest BCUT2D eigenvalue weighted by atomic mass is 10.1. The van der Waals surface area contributed by atoms with E-state index in [4.69, 9.17) is 14.9 Å². The molecule has 0 bridgehead atoms. The summed E-state index contributed by atoms with van der Waals surface area (Å²) < 4.78 is 10.6. The number of halogens is 1. The molecule has 2 aromatic rings. The van der Waals surface area contributed by atoms with Gasteiger partial charge >= 0.3 is 0 Å². The van der Waals surface area contributed by atoms with Crippen LogP contribution in [0.5, 0.6) is 5.75 Å². The van der Waals surface area contributed by atoms with Crippen LogP contribution < -0.4 is 15.8 Å². The van der Waals surface area contributed by atoms with Crippen molar-refractivity contribution in [1.82, 2.24) is 5.32 Å². The number of nitrogens with two attached hydrogens (primary N) is 1. The number of benzene rings is 1. The molecule has 116 valence electrons. The zero-order chi connectivity index (χ0) is 14.4. The van der Waals surface area contributed by atoms with Crippen molar-refractivity contribution in [3.63, 3.8) is 0 Å². The fourth-order valence-electron chi connectivity index (χ4n) is 2.06. The molecule has 0 aliphatic carbocycles. The summed E-state index contributed by atoms with van der Waals surface area (Å²) in [4.78, 5) is 11.8. The van der Waals surface area contributed by atoms with E-state index in [1.54, 1.807) is 13.4 Å². The molecule has 1 aromatic heterocycles. The molecule has 1 heterocycles. The highest BCUT2D eigenvalue weighted by Gasteiger charge is 2.10. The molecule has 6 heteroatoms. The van der Waals surface area contributed by atoms with E-state index in [2.05, 4.69) is 5.32 Å². The molecule has 0 spiro atoms. The fraction of sp³-hybridized carbons (Fsp3) is 0.400. The van der Waals surface area contributed by atoms with Gasteiger partial charge in [0.1, 0.15) is 11.3 Å². The monoisotopic (exact) mass is 312 g/mol. The minimum Gasteiger partial charge on any atom is -0.497 e. The first-order valence-electron chi connectivity index (χ1n) is 6.75. The normalized spacial score (nSPS) is 10.2. The van der Waals surface area contributed by atoms with E-state index in [1.165, 1.54) is 0 Å². The van der Waals surface area contributed by atoms with Gasteiger partial charge in [-0.05, 0) is 31.5 Å². The SMILES string of the molecule is COc1ccc2c(CC(=O)NCCCCN)coc2c1.Cl. The van der Waals surface area contributed by atoms with E-state index in [0.717, 1.165) is 35.1 Å². The van der Waals surface area contributed by atoms with Gasteiger partial charge in [0.05, 0.1) is 19.8 Å². The average molecular weight is 313 g/mol. The van der Waals surface area contributed by atoms with Gasteiger partial charge in [0.15, 0.2) is 0 Å². The second-order valence-corrected chi connectivity index (χ2v) is 4.65. The van der Waals surface area contributed by atoms with Crippen molar-refractivity contribution in [1.29, 1.82) is 0 Å². The standard InChI is InChI=1S/C15H20N2O3.ClH/c1-19-12-4-5-13-11(10-20-14(13)9-12)8-15(18)17-7-3-2-6-16;/h4-5,9-10H,2-3,6-8,16H2,1H3,(H,17,18);1H. The largest absolute Gasteiger partial charge is 0.497 e. The van der Waals surface area contributed by atoms with E-state index >= 15 is 0 Å². The predicted octanol–water partition coefficient (Wildman–Crippen LogP) is 2.26. The van der Waals surface area contributed by atoms with Crippen LogP contribution in [0.2, 0.25) is 0 Å². The Hall–Kier alpha value is -1.72. The number of carbonyl (C=O) groups excluding carboxylic acids is 1. The van der Waals surface area contributed by atoms with Gasteiger partial charge in [0.25, 0.3) is 0 Å². The van der Waals surface area contributed by atoms with Crippen LogP contribution in [0, 0.1) is 0 Å². The minimum atomic E-state index is 0. The van der Waals surface area contributed by atoms with Crippen LogP contribution in [-0.4, -0.2) is 26.1 Å². The van der Waals surface area contributed by atoms with E-state index in [9.17, 15) is 4.79 Å². The van der Waals surface area contributed by atoms with Crippen LogP contribution in [0.4, 0.5) is 0 Å². The Balaban J connectivity index is 0.00000220. The van der Waals surface area contributed by atoms with Crippen LogP contribution >= 0.6 is 12.4 Å². The average Bonchev–Trinajstić information content (AvgIpc) is 2.86. The third-order valence-electron chi connectivity index (χ3n) is 3.17. The fourth-order valence-corrected chi connectivity index (χ4v) is 2.06. The van der Waals surface area contributed by atoms with Crippen LogP contribution in [0.25, 0.3) is 11.0 Å². The van der Waals surface area contributed by atoms with E-state index in [1.807, 2.05) is 18.2 Å².